The normalized spacial score (nSPS) is 15.6. The summed E-state index contributed by atoms with van der Waals surface area (Å²) in [4.78, 5) is 10.6. The van der Waals surface area contributed by atoms with Crippen LogP contribution in [0.2, 0.25) is 0 Å². The number of hydrogen-bond acceptors (Lipinski definition) is 4. The van der Waals surface area contributed by atoms with Gasteiger partial charge in [0, 0.05) is 12.1 Å². The average Bonchev–Trinajstić information content (AvgIpc) is 3.21. The predicted octanol–water partition coefficient (Wildman–Crippen LogP) is 3.46. The lowest BCUT2D eigenvalue weighted by molar-refractivity contribution is -0.384. The van der Waals surface area contributed by atoms with Crippen molar-refractivity contribution in [2.75, 3.05) is 5.32 Å². The molecular formula is C14H17N3O2. The van der Waals surface area contributed by atoms with Gasteiger partial charge in [-0.15, -0.1) is 0 Å². The van der Waals surface area contributed by atoms with Crippen molar-refractivity contribution in [1.82, 2.24) is 0 Å². The Bertz CT molecular complexity index is 518. The standard InChI is InChI=1S/C14H17N3O2/c1-2-12(7-10-3-4-10)16-13-8-11(9-15)5-6-14(13)17(18)19/h5-6,8,10,12,16H,2-4,7H2,1H3. The molecule has 0 spiro atoms. The molecule has 0 aromatic heterocycles. The number of nitro benzene ring substituents is 1. The molecule has 1 aliphatic carbocycles. The summed E-state index contributed by atoms with van der Waals surface area (Å²) in [5.74, 6) is 0.760. The van der Waals surface area contributed by atoms with Gasteiger partial charge in [-0.2, -0.15) is 5.26 Å². The molecule has 1 N–H and O–H groups in total. The number of rotatable bonds is 6. The molecule has 1 aromatic carbocycles. The fourth-order valence-corrected chi connectivity index (χ4v) is 2.18. The molecule has 100 valence electrons. The van der Waals surface area contributed by atoms with Gasteiger partial charge in [0.1, 0.15) is 5.69 Å². The first-order valence-corrected chi connectivity index (χ1v) is 6.59. The van der Waals surface area contributed by atoms with Gasteiger partial charge in [0.2, 0.25) is 0 Å². The van der Waals surface area contributed by atoms with Crippen molar-refractivity contribution in [2.24, 2.45) is 5.92 Å². The van der Waals surface area contributed by atoms with Crippen molar-refractivity contribution in [3.63, 3.8) is 0 Å². The Morgan fingerprint density at radius 2 is 2.32 bits per heavy atom. The summed E-state index contributed by atoms with van der Waals surface area (Å²) in [6, 6.07) is 6.69. The minimum absolute atomic E-state index is 0.0354. The first kappa shape index (κ1) is 13.3. The molecule has 1 aromatic rings. The zero-order valence-electron chi connectivity index (χ0n) is 10.9. The summed E-state index contributed by atoms with van der Waals surface area (Å²) in [5, 5.41) is 23.1. The van der Waals surface area contributed by atoms with Crippen LogP contribution in [0.25, 0.3) is 0 Å². The highest BCUT2D eigenvalue weighted by molar-refractivity contribution is 5.64. The lowest BCUT2D eigenvalue weighted by Gasteiger charge is -2.18. The monoisotopic (exact) mass is 259 g/mol. The van der Waals surface area contributed by atoms with E-state index in [1.54, 1.807) is 6.07 Å². The van der Waals surface area contributed by atoms with E-state index in [9.17, 15) is 10.1 Å². The van der Waals surface area contributed by atoms with Crippen molar-refractivity contribution < 1.29 is 4.92 Å². The van der Waals surface area contributed by atoms with Crippen LogP contribution in [0.15, 0.2) is 18.2 Å². The lowest BCUT2D eigenvalue weighted by atomic mass is 10.1. The molecule has 0 radical (unpaired) electrons. The van der Waals surface area contributed by atoms with Crippen molar-refractivity contribution in [1.29, 1.82) is 5.26 Å². The molecule has 0 bridgehead atoms. The molecule has 0 amide bonds. The van der Waals surface area contributed by atoms with E-state index in [1.807, 2.05) is 6.07 Å². The maximum Gasteiger partial charge on any atom is 0.292 e. The fourth-order valence-electron chi connectivity index (χ4n) is 2.18. The third kappa shape index (κ3) is 3.44. The molecule has 0 heterocycles. The summed E-state index contributed by atoms with van der Waals surface area (Å²) in [5.41, 5.74) is 0.930. The highest BCUT2D eigenvalue weighted by Gasteiger charge is 2.26. The highest BCUT2D eigenvalue weighted by atomic mass is 16.6. The topological polar surface area (TPSA) is 79.0 Å². The predicted molar refractivity (Wildman–Crippen MR) is 72.9 cm³/mol. The molecule has 2 rings (SSSR count). The number of nitro groups is 1. The van der Waals surface area contributed by atoms with E-state index >= 15 is 0 Å². The van der Waals surface area contributed by atoms with Gasteiger partial charge < -0.3 is 5.32 Å². The maximum absolute atomic E-state index is 11.0. The van der Waals surface area contributed by atoms with Crippen molar-refractivity contribution >= 4 is 11.4 Å². The second kappa shape index (κ2) is 5.70. The van der Waals surface area contributed by atoms with E-state index in [0.717, 1.165) is 18.8 Å². The summed E-state index contributed by atoms with van der Waals surface area (Å²) >= 11 is 0. The molecule has 1 atom stereocenters. The molecule has 19 heavy (non-hydrogen) atoms. The largest absolute Gasteiger partial charge is 0.377 e. The number of benzene rings is 1. The summed E-state index contributed by atoms with van der Waals surface area (Å²) in [7, 11) is 0. The van der Waals surface area contributed by atoms with E-state index in [-0.39, 0.29) is 11.7 Å². The Morgan fingerprint density at radius 1 is 1.58 bits per heavy atom. The summed E-state index contributed by atoms with van der Waals surface area (Å²) in [6.07, 6.45) is 4.49. The lowest BCUT2D eigenvalue weighted by Crippen LogP contribution is -2.19. The van der Waals surface area contributed by atoms with Crippen LogP contribution >= 0.6 is 0 Å². The van der Waals surface area contributed by atoms with Crippen molar-refractivity contribution in [3.05, 3.63) is 33.9 Å². The number of anilines is 1. The number of hydrogen-bond donors (Lipinski definition) is 1. The number of nitrogens with zero attached hydrogens (tertiary/aromatic N) is 2. The van der Waals surface area contributed by atoms with Crippen LogP contribution in [0.5, 0.6) is 0 Å². The van der Waals surface area contributed by atoms with Crippen LogP contribution in [0.4, 0.5) is 11.4 Å². The first-order valence-electron chi connectivity index (χ1n) is 6.59. The second-order valence-corrected chi connectivity index (χ2v) is 5.03. The highest BCUT2D eigenvalue weighted by Crippen LogP contribution is 2.35. The fraction of sp³-hybridized carbons (Fsp3) is 0.500. The van der Waals surface area contributed by atoms with Gasteiger partial charge in [0.25, 0.3) is 5.69 Å². The Labute approximate surface area is 112 Å². The van der Waals surface area contributed by atoms with Crippen molar-refractivity contribution in [3.8, 4) is 6.07 Å². The molecule has 5 nitrogen and oxygen atoms in total. The van der Waals surface area contributed by atoms with E-state index in [1.165, 1.54) is 25.0 Å². The first-order chi connectivity index (χ1) is 9.13. The molecule has 0 aliphatic heterocycles. The van der Waals surface area contributed by atoms with Crippen LogP contribution in [0.3, 0.4) is 0 Å². The number of nitrogens with one attached hydrogen (secondary N) is 1. The third-order valence-electron chi connectivity index (χ3n) is 3.49. The minimum atomic E-state index is -0.409. The van der Waals surface area contributed by atoms with Gasteiger partial charge in [-0.3, -0.25) is 10.1 Å². The van der Waals surface area contributed by atoms with Crippen LogP contribution in [0.1, 0.15) is 38.2 Å². The molecule has 1 unspecified atom stereocenters. The van der Waals surface area contributed by atoms with E-state index in [2.05, 4.69) is 12.2 Å². The van der Waals surface area contributed by atoms with Gasteiger partial charge in [-0.1, -0.05) is 19.8 Å². The van der Waals surface area contributed by atoms with Gasteiger partial charge in [-0.05, 0) is 30.9 Å². The summed E-state index contributed by atoms with van der Waals surface area (Å²) in [6.45, 7) is 2.07. The molecule has 1 aliphatic rings. The van der Waals surface area contributed by atoms with Crippen LogP contribution in [-0.2, 0) is 0 Å². The Kier molecular flexibility index (Phi) is 4.00. The van der Waals surface area contributed by atoms with Crippen LogP contribution in [0, 0.1) is 27.4 Å². The quantitative estimate of drug-likeness (QED) is 0.626. The van der Waals surface area contributed by atoms with E-state index in [4.69, 9.17) is 5.26 Å². The molecule has 1 saturated carbocycles. The Balaban J connectivity index is 2.20. The van der Waals surface area contributed by atoms with Crippen molar-refractivity contribution in [2.45, 2.75) is 38.6 Å². The van der Waals surface area contributed by atoms with E-state index < -0.39 is 4.92 Å². The molecule has 0 saturated heterocycles. The van der Waals surface area contributed by atoms with Gasteiger partial charge in [0.05, 0.1) is 16.6 Å². The van der Waals surface area contributed by atoms with Gasteiger partial charge in [0.15, 0.2) is 0 Å². The van der Waals surface area contributed by atoms with Crippen LogP contribution < -0.4 is 5.32 Å². The third-order valence-corrected chi connectivity index (χ3v) is 3.49. The summed E-state index contributed by atoms with van der Waals surface area (Å²) < 4.78 is 0. The van der Waals surface area contributed by atoms with Gasteiger partial charge >= 0.3 is 0 Å². The zero-order chi connectivity index (χ0) is 13.8. The molecule has 5 heteroatoms. The Morgan fingerprint density at radius 3 is 2.84 bits per heavy atom. The average molecular weight is 259 g/mol. The molecular weight excluding hydrogens is 242 g/mol. The van der Waals surface area contributed by atoms with Crippen LogP contribution in [-0.4, -0.2) is 11.0 Å². The van der Waals surface area contributed by atoms with E-state index in [0.29, 0.717) is 11.3 Å². The number of nitriles is 1. The SMILES string of the molecule is CCC(CC1CC1)Nc1cc(C#N)ccc1[N+](=O)[O-]. The second-order valence-electron chi connectivity index (χ2n) is 5.03. The smallest absolute Gasteiger partial charge is 0.292 e. The zero-order valence-corrected chi connectivity index (χ0v) is 10.9. The molecule has 1 fully saturated rings. The minimum Gasteiger partial charge on any atom is -0.377 e. The Hall–Kier alpha value is -2.09. The van der Waals surface area contributed by atoms with Gasteiger partial charge in [-0.25, -0.2) is 0 Å². The maximum atomic E-state index is 11.0.